The molecule has 1 rings (SSSR count). The number of halogens is 2. The molecule has 0 fully saturated rings. The van der Waals surface area contributed by atoms with Crippen molar-refractivity contribution in [3.05, 3.63) is 41.5 Å². The van der Waals surface area contributed by atoms with Gasteiger partial charge < -0.3 is 4.74 Å². The Morgan fingerprint density at radius 2 is 1.94 bits per heavy atom. The van der Waals surface area contributed by atoms with E-state index in [0.717, 1.165) is 18.2 Å². The van der Waals surface area contributed by atoms with Crippen molar-refractivity contribution in [2.75, 3.05) is 0 Å². The number of esters is 1. The predicted molar refractivity (Wildman–Crippen MR) is 61.2 cm³/mol. The molecule has 0 aromatic heterocycles. The van der Waals surface area contributed by atoms with Crippen LogP contribution in [0, 0.1) is 11.6 Å². The molecular weight excluding hydrogens is 226 g/mol. The number of hydrogen-bond acceptors (Lipinski definition) is 2. The molecule has 92 valence electrons. The lowest BCUT2D eigenvalue weighted by atomic mass is 10.2. The van der Waals surface area contributed by atoms with Gasteiger partial charge in [-0.15, -0.1) is 0 Å². The number of hydrogen-bond donors (Lipinski definition) is 0. The van der Waals surface area contributed by atoms with Crippen LogP contribution in [0.15, 0.2) is 24.3 Å². The van der Waals surface area contributed by atoms with Crippen LogP contribution in [0.3, 0.4) is 0 Å². The summed E-state index contributed by atoms with van der Waals surface area (Å²) in [6.45, 7) is 5.20. The lowest BCUT2D eigenvalue weighted by Gasteiger charge is -2.17. The van der Waals surface area contributed by atoms with Crippen molar-refractivity contribution in [3.8, 4) is 0 Å². The monoisotopic (exact) mass is 240 g/mol. The molecular formula is C13H14F2O2. The van der Waals surface area contributed by atoms with Crippen molar-refractivity contribution in [1.82, 2.24) is 0 Å². The molecule has 4 heteroatoms. The van der Waals surface area contributed by atoms with Crippen molar-refractivity contribution < 1.29 is 18.3 Å². The van der Waals surface area contributed by atoms with Gasteiger partial charge in [-0.05, 0) is 39.0 Å². The molecule has 0 radical (unpaired) electrons. The van der Waals surface area contributed by atoms with Gasteiger partial charge in [0.25, 0.3) is 0 Å². The van der Waals surface area contributed by atoms with E-state index in [1.165, 1.54) is 12.1 Å². The summed E-state index contributed by atoms with van der Waals surface area (Å²) in [5.41, 5.74) is -0.458. The fourth-order valence-electron chi connectivity index (χ4n) is 1.13. The number of benzene rings is 1. The van der Waals surface area contributed by atoms with Crippen LogP contribution in [0.5, 0.6) is 0 Å². The molecule has 0 atom stereocenters. The van der Waals surface area contributed by atoms with Gasteiger partial charge in [0.15, 0.2) is 0 Å². The molecule has 0 amide bonds. The Balaban J connectivity index is 2.74. The summed E-state index contributed by atoms with van der Waals surface area (Å²) in [6, 6.07) is 3.14. The smallest absolute Gasteiger partial charge is 0.331 e. The molecule has 0 heterocycles. The molecule has 0 aliphatic heterocycles. The van der Waals surface area contributed by atoms with Gasteiger partial charge in [0.05, 0.1) is 0 Å². The van der Waals surface area contributed by atoms with E-state index in [-0.39, 0.29) is 5.56 Å². The van der Waals surface area contributed by atoms with Crippen molar-refractivity contribution in [2.45, 2.75) is 26.4 Å². The normalized spacial score (nSPS) is 11.8. The highest BCUT2D eigenvalue weighted by molar-refractivity contribution is 5.87. The second-order valence-corrected chi connectivity index (χ2v) is 4.53. The van der Waals surface area contributed by atoms with Crippen LogP contribution >= 0.6 is 0 Å². The second-order valence-electron chi connectivity index (χ2n) is 4.53. The number of rotatable bonds is 2. The zero-order valence-electron chi connectivity index (χ0n) is 9.96. The molecule has 17 heavy (non-hydrogen) atoms. The van der Waals surface area contributed by atoms with Gasteiger partial charge in [0.2, 0.25) is 0 Å². The van der Waals surface area contributed by atoms with Crippen LogP contribution in [0.4, 0.5) is 8.78 Å². The van der Waals surface area contributed by atoms with E-state index in [4.69, 9.17) is 4.74 Å². The quantitative estimate of drug-likeness (QED) is 0.585. The Labute approximate surface area is 98.9 Å². The number of carbonyl (C=O) groups excluding carboxylic acids is 1. The zero-order valence-corrected chi connectivity index (χ0v) is 9.96. The minimum absolute atomic E-state index is 0.136. The summed E-state index contributed by atoms with van der Waals surface area (Å²) in [7, 11) is 0. The Morgan fingerprint density at radius 3 is 2.47 bits per heavy atom. The van der Waals surface area contributed by atoms with Gasteiger partial charge >= 0.3 is 5.97 Å². The van der Waals surface area contributed by atoms with Gasteiger partial charge in [-0.3, -0.25) is 0 Å². The van der Waals surface area contributed by atoms with Gasteiger partial charge in [0.1, 0.15) is 17.2 Å². The third-order valence-electron chi connectivity index (χ3n) is 1.77. The van der Waals surface area contributed by atoms with Gasteiger partial charge in [-0.1, -0.05) is 0 Å². The van der Waals surface area contributed by atoms with Crippen LogP contribution in [0.1, 0.15) is 26.3 Å². The van der Waals surface area contributed by atoms with Crippen molar-refractivity contribution in [2.24, 2.45) is 0 Å². The Bertz CT molecular complexity index is 445. The van der Waals surface area contributed by atoms with Gasteiger partial charge in [0, 0.05) is 17.7 Å². The van der Waals surface area contributed by atoms with E-state index < -0.39 is 23.2 Å². The maximum atomic E-state index is 13.2. The molecule has 1 aromatic carbocycles. The highest BCUT2D eigenvalue weighted by atomic mass is 19.1. The van der Waals surface area contributed by atoms with E-state index in [2.05, 4.69) is 0 Å². The average Bonchev–Trinajstić information content (AvgIpc) is 2.13. The van der Waals surface area contributed by atoms with Crippen LogP contribution in [-0.2, 0) is 9.53 Å². The zero-order chi connectivity index (χ0) is 13.1. The predicted octanol–water partition coefficient (Wildman–Crippen LogP) is 3.32. The molecule has 1 aromatic rings. The minimum atomic E-state index is -0.718. The van der Waals surface area contributed by atoms with Crippen LogP contribution < -0.4 is 0 Å². The van der Waals surface area contributed by atoms with Crippen LogP contribution in [0.25, 0.3) is 6.08 Å². The van der Waals surface area contributed by atoms with E-state index in [9.17, 15) is 13.6 Å². The molecule has 0 unspecified atom stereocenters. The third-order valence-corrected chi connectivity index (χ3v) is 1.77. The first-order valence-corrected chi connectivity index (χ1v) is 5.14. The first-order chi connectivity index (χ1) is 7.78. The summed E-state index contributed by atoms with van der Waals surface area (Å²) in [5.74, 6) is -1.94. The van der Waals surface area contributed by atoms with E-state index >= 15 is 0 Å². The largest absolute Gasteiger partial charge is 0.457 e. The van der Waals surface area contributed by atoms with Gasteiger partial charge in [-0.2, -0.15) is 0 Å². The van der Waals surface area contributed by atoms with E-state index in [1.807, 2.05) is 0 Å². The fourth-order valence-corrected chi connectivity index (χ4v) is 1.13. The van der Waals surface area contributed by atoms with Crippen molar-refractivity contribution >= 4 is 12.0 Å². The first-order valence-electron chi connectivity index (χ1n) is 5.14. The average molecular weight is 240 g/mol. The maximum Gasteiger partial charge on any atom is 0.331 e. The van der Waals surface area contributed by atoms with Crippen LogP contribution in [0.2, 0.25) is 0 Å². The molecule has 0 saturated carbocycles. The van der Waals surface area contributed by atoms with E-state index in [1.54, 1.807) is 20.8 Å². The molecule has 2 nitrogen and oxygen atoms in total. The van der Waals surface area contributed by atoms with Gasteiger partial charge in [-0.25, -0.2) is 13.6 Å². The Morgan fingerprint density at radius 1 is 1.29 bits per heavy atom. The minimum Gasteiger partial charge on any atom is -0.457 e. The molecule has 0 aliphatic rings. The Hall–Kier alpha value is -1.71. The topological polar surface area (TPSA) is 26.3 Å². The Kier molecular flexibility index (Phi) is 3.99. The maximum absolute atomic E-state index is 13.2. The molecule has 0 aliphatic carbocycles. The summed E-state index contributed by atoms with van der Waals surface area (Å²) >= 11 is 0. The lowest BCUT2D eigenvalue weighted by molar-refractivity contribution is -0.148. The van der Waals surface area contributed by atoms with Crippen molar-refractivity contribution in [3.63, 3.8) is 0 Å². The summed E-state index contributed by atoms with van der Waals surface area (Å²) in [6.07, 6.45) is 2.37. The first kappa shape index (κ1) is 13.4. The summed E-state index contributed by atoms with van der Waals surface area (Å²) < 4.78 is 30.8. The van der Waals surface area contributed by atoms with Crippen molar-refractivity contribution in [1.29, 1.82) is 0 Å². The molecule has 0 saturated heterocycles. The molecule has 0 bridgehead atoms. The number of ether oxygens (including phenoxy) is 1. The second kappa shape index (κ2) is 5.08. The lowest BCUT2D eigenvalue weighted by Crippen LogP contribution is -2.22. The summed E-state index contributed by atoms with van der Waals surface area (Å²) in [4.78, 5) is 11.3. The van der Waals surface area contributed by atoms with E-state index in [0.29, 0.717) is 0 Å². The molecule has 0 spiro atoms. The highest BCUT2D eigenvalue weighted by Crippen LogP contribution is 2.12. The highest BCUT2D eigenvalue weighted by Gasteiger charge is 2.14. The molecule has 0 N–H and O–H groups in total. The SMILES string of the molecule is CC(C)(C)OC(=O)/C=C/c1ccc(F)cc1F. The van der Waals surface area contributed by atoms with Crippen LogP contribution in [-0.4, -0.2) is 11.6 Å². The third kappa shape index (κ3) is 4.76. The fraction of sp³-hybridized carbons (Fsp3) is 0.308. The number of carbonyl (C=O) groups is 1. The standard InChI is InChI=1S/C13H14F2O2/c1-13(2,3)17-12(16)7-5-9-4-6-10(14)8-11(9)15/h4-8H,1-3H3/b7-5+. The summed E-state index contributed by atoms with van der Waals surface area (Å²) in [5, 5.41) is 0.